The molecule has 0 bridgehead atoms. The summed E-state index contributed by atoms with van der Waals surface area (Å²) in [6.45, 7) is 5.01. The van der Waals surface area contributed by atoms with Crippen LogP contribution in [0.3, 0.4) is 0 Å². The number of carbonyl (C=O) groups excluding carboxylic acids is 1. The second-order valence-electron chi connectivity index (χ2n) is 7.50. The lowest BCUT2D eigenvalue weighted by Gasteiger charge is -2.50. The molecule has 0 radical (unpaired) electrons. The number of pyridine rings is 1. The third-order valence-corrected chi connectivity index (χ3v) is 5.66. The normalized spacial score (nSPS) is 25.2. The maximum Gasteiger partial charge on any atom is 0.259 e. The van der Waals surface area contributed by atoms with Crippen molar-refractivity contribution in [2.24, 2.45) is 5.41 Å². The summed E-state index contributed by atoms with van der Waals surface area (Å²) in [6.07, 6.45) is 7.93. The van der Waals surface area contributed by atoms with Crippen molar-refractivity contribution in [2.75, 3.05) is 26.3 Å². The van der Waals surface area contributed by atoms with E-state index in [1.54, 1.807) is 19.3 Å². The molecule has 0 saturated carbocycles. The number of aryl methyl sites for hydroxylation is 1. The maximum absolute atomic E-state index is 12.9. The molecule has 4 rings (SSSR count). The van der Waals surface area contributed by atoms with Crippen LogP contribution < -0.4 is 0 Å². The minimum atomic E-state index is -0.162. The largest absolute Gasteiger partial charge is 0.377 e. The number of hydrogen-bond donors (Lipinski definition) is 0. The smallest absolute Gasteiger partial charge is 0.259 e. The average molecular weight is 371 g/mol. The van der Waals surface area contributed by atoms with Gasteiger partial charge in [0.25, 0.3) is 5.91 Å². The minimum absolute atomic E-state index is 0.0220. The molecule has 2 atom stereocenters. The second-order valence-corrected chi connectivity index (χ2v) is 7.50. The first-order valence-electron chi connectivity index (χ1n) is 9.46. The van der Waals surface area contributed by atoms with Crippen molar-refractivity contribution < 1.29 is 18.8 Å². The van der Waals surface area contributed by atoms with E-state index in [9.17, 15) is 4.79 Å². The fourth-order valence-electron chi connectivity index (χ4n) is 4.19. The molecular formula is C20H25N3O4. The second kappa shape index (κ2) is 7.78. The number of amides is 1. The topological polar surface area (TPSA) is 77.7 Å². The highest BCUT2D eigenvalue weighted by Gasteiger charge is 2.47. The molecule has 1 amide bonds. The number of fused-ring (bicyclic) bond motifs is 1. The van der Waals surface area contributed by atoms with Gasteiger partial charge in [0.2, 0.25) is 0 Å². The highest BCUT2D eigenvalue weighted by atomic mass is 16.5. The van der Waals surface area contributed by atoms with Crippen LogP contribution in [0.5, 0.6) is 0 Å². The summed E-state index contributed by atoms with van der Waals surface area (Å²) < 4.78 is 17.1. The quantitative estimate of drug-likeness (QED) is 0.804. The van der Waals surface area contributed by atoms with Crippen molar-refractivity contribution in [2.45, 2.75) is 38.9 Å². The van der Waals surface area contributed by atoms with Crippen LogP contribution in [0.1, 0.15) is 40.9 Å². The molecule has 2 aliphatic heterocycles. The summed E-state index contributed by atoms with van der Waals surface area (Å²) in [6, 6.07) is 3.91. The van der Waals surface area contributed by atoms with Gasteiger partial charge in [0.05, 0.1) is 25.0 Å². The number of piperidine rings is 1. The molecule has 0 aliphatic carbocycles. The predicted octanol–water partition coefficient (Wildman–Crippen LogP) is 2.61. The summed E-state index contributed by atoms with van der Waals surface area (Å²) in [7, 11) is 0. The van der Waals surface area contributed by atoms with Crippen LogP contribution in [0.25, 0.3) is 0 Å². The molecule has 144 valence electrons. The first kappa shape index (κ1) is 18.1. The molecule has 2 fully saturated rings. The highest BCUT2D eigenvalue weighted by Crippen LogP contribution is 2.41. The molecule has 2 aromatic rings. The number of nitrogens with zero attached hydrogens (tertiary/aromatic N) is 3. The van der Waals surface area contributed by atoms with Crippen molar-refractivity contribution in [1.82, 2.24) is 15.0 Å². The van der Waals surface area contributed by atoms with Crippen LogP contribution in [0, 0.1) is 12.3 Å². The Morgan fingerprint density at radius 2 is 2.26 bits per heavy atom. The van der Waals surface area contributed by atoms with Gasteiger partial charge in [0.15, 0.2) is 0 Å². The van der Waals surface area contributed by atoms with Crippen LogP contribution in [0.4, 0.5) is 0 Å². The zero-order valence-electron chi connectivity index (χ0n) is 15.6. The van der Waals surface area contributed by atoms with Gasteiger partial charge in [-0.3, -0.25) is 9.78 Å². The molecule has 2 aromatic heterocycles. The van der Waals surface area contributed by atoms with Gasteiger partial charge < -0.3 is 18.9 Å². The first-order valence-corrected chi connectivity index (χ1v) is 9.46. The Morgan fingerprint density at radius 1 is 1.41 bits per heavy atom. The molecule has 7 nitrogen and oxygen atoms in total. The van der Waals surface area contributed by atoms with E-state index < -0.39 is 0 Å². The van der Waals surface area contributed by atoms with Crippen molar-refractivity contribution in [1.29, 1.82) is 0 Å². The molecule has 0 N–H and O–H groups in total. The highest BCUT2D eigenvalue weighted by molar-refractivity contribution is 5.94. The molecule has 27 heavy (non-hydrogen) atoms. The maximum atomic E-state index is 12.9. The van der Waals surface area contributed by atoms with Crippen molar-refractivity contribution in [3.05, 3.63) is 47.6 Å². The number of hydrogen-bond acceptors (Lipinski definition) is 6. The van der Waals surface area contributed by atoms with Gasteiger partial charge in [-0.15, -0.1) is 0 Å². The van der Waals surface area contributed by atoms with Gasteiger partial charge in [-0.05, 0) is 43.9 Å². The van der Waals surface area contributed by atoms with E-state index in [1.165, 1.54) is 6.26 Å². The van der Waals surface area contributed by atoms with E-state index in [1.807, 2.05) is 17.0 Å². The van der Waals surface area contributed by atoms with E-state index in [4.69, 9.17) is 14.0 Å². The summed E-state index contributed by atoms with van der Waals surface area (Å²) in [4.78, 5) is 18.9. The standard InChI is InChI=1S/C20H25N3O4/c1-15-17(12-27-22-15)19(24)23-9-5-18-20(13-23,6-2-10-26-18)14-25-11-16-3-7-21-8-4-16/h3-4,7-8,12,18H,2,5-6,9-11,13-14H2,1H3. The number of rotatable bonds is 5. The van der Waals surface area contributed by atoms with Crippen LogP contribution in [0.15, 0.2) is 35.3 Å². The van der Waals surface area contributed by atoms with Crippen molar-refractivity contribution >= 4 is 5.91 Å². The van der Waals surface area contributed by atoms with Crippen molar-refractivity contribution in [3.63, 3.8) is 0 Å². The molecule has 4 heterocycles. The van der Waals surface area contributed by atoms with E-state index in [0.717, 1.165) is 31.4 Å². The van der Waals surface area contributed by atoms with Gasteiger partial charge in [-0.2, -0.15) is 0 Å². The predicted molar refractivity (Wildman–Crippen MR) is 97.1 cm³/mol. The van der Waals surface area contributed by atoms with E-state index >= 15 is 0 Å². The SMILES string of the molecule is Cc1nocc1C(=O)N1CCC2OCCCC2(COCc2ccncc2)C1. The lowest BCUT2D eigenvalue weighted by atomic mass is 9.73. The molecule has 7 heteroatoms. The summed E-state index contributed by atoms with van der Waals surface area (Å²) >= 11 is 0. The summed E-state index contributed by atoms with van der Waals surface area (Å²) in [5.41, 5.74) is 2.10. The minimum Gasteiger partial charge on any atom is -0.377 e. The molecule has 2 saturated heterocycles. The fraction of sp³-hybridized carbons (Fsp3) is 0.550. The summed E-state index contributed by atoms with van der Waals surface area (Å²) in [5.74, 6) is -0.0220. The van der Waals surface area contributed by atoms with E-state index in [-0.39, 0.29) is 17.4 Å². The first-order chi connectivity index (χ1) is 13.2. The number of likely N-dealkylation sites (tertiary alicyclic amines) is 1. The van der Waals surface area contributed by atoms with Crippen LogP contribution in [0.2, 0.25) is 0 Å². The van der Waals surface area contributed by atoms with E-state index in [2.05, 4.69) is 10.1 Å². The zero-order valence-corrected chi connectivity index (χ0v) is 15.6. The lowest BCUT2D eigenvalue weighted by molar-refractivity contribution is -0.148. The van der Waals surface area contributed by atoms with Gasteiger partial charge in [0, 0.05) is 37.5 Å². The third kappa shape index (κ3) is 3.75. The Bertz CT molecular complexity index is 779. The van der Waals surface area contributed by atoms with Crippen molar-refractivity contribution in [3.8, 4) is 0 Å². The Kier molecular flexibility index (Phi) is 5.22. The summed E-state index contributed by atoms with van der Waals surface area (Å²) in [5, 5.41) is 3.84. The van der Waals surface area contributed by atoms with Crippen LogP contribution in [-0.2, 0) is 16.1 Å². The van der Waals surface area contributed by atoms with Gasteiger partial charge >= 0.3 is 0 Å². The lowest BCUT2D eigenvalue weighted by Crippen LogP contribution is -2.58. The zero-order chi connectivity index (χ0) is 18.7. The Labute approximate surface area is 158 Å². The average Bonchev–Trinajstić information content (AvgIpc) is 3.13. The fourth-order valence-corrected chi connectivity index (χ4v) is 4.19. The number of aromatic nitrogens is 2. The van der Waals surface area contributed by atoms with Gasteiger partial charge in [-0.25, -0.2) is 0 Å². The third-order valence-electron chi connectivity index (χ3n) is 5.66. The van der Waals surface area contributed by atoms with Gasteiger partial charge in [0.1, 0.15) is 11.8 Å². The van der Waals surface area contributed by atoms with Crippen LogP contribution in [-0.4, -0.2) is 53.4 Å². The Hall–Kier alpha value is -2.25. The number of carbonyl (C=O) groups is 1. The van der Waals surface area contributed by atoms with Crippen LogP contribution >= 0.6 is 0 Å². The van der Waals surface area contributed by atoms with Gasteiger partial charge in [-0.1, -0.05) is 5.16 Å². The molecule has 2 aliphatic rings. The molecule has 0 aromatic carbocycles. The molecular weight excluding hydrogens is 346 g/mol. The monoisotopic (exact) mass is 371 g/mol. The Morgan fingerprint density at radius 3 is 3.04 bits per heavy atom. The molecule has 0 spiro atoms. The number of ether oxygens (including phenoxy) is 2. The Balaban J connectivity index is 1.46. The molecule has 2 unspecified atom stereocenters. The van der Waals surface area contributed by atoms with E-state index in [0.29, 0.717) is 37.6 Å².